The lowest BCUT2D eigenvalue weighted by Gasteiger charge is -2.28. The van der Waals surface area contributed by atoms with Crippen LogP contribution in [0.4, 0.5) is 5.95 Å². The summed E-state index contributed by atoms with van der Waals surface area (Å²) in [7, 11) is 0. The van der Waals surface area contributed by atoms with E-state index in [1.165, 1.54) is 5.56 Å². The van der Waals surface area contributed by atoms with Crippen molar-refractivity contribution in [2.24, 2.45) is 0 Å². The van der Waals surface area contributed by atoms with E-state index < -0.39 is 0 Å². The molecule has 1 saturated heterocycles. The molecule has 0 unspecified atom stereocenters. The molecule has 26 heavy (non-hydrogen) atoms. The molecule has 0 bridgehead atoms. The van der Waals surface area contributed by atoms with Gasteiger partial charge in [-0.1, -0.05) is 47.3 Å². The standard InChI is InChI=1S/C17H20N6O2S/c1-13-18-15(25-21-13)12-26-17-20-19-16(22-7-9-24-10-8-22)23(17)11-14-5-3-2-4-6-14/h2-6H,7-12H2,1H3. The molecule has 0 radical (unpaired) electrons. The van der Waals surface area contributed by atoms with Gasteiger partial charge in [0.15, 0.2) is 11.0 Å². The van der Waals surface area contributed by atoms with Gasteiger partial charge in [-0.05, 0) is 12.5 Å². The third kappa shape index (κ3) is 3.88. The summed E-state index contributed by atoms with van der Waals surface area (Å²) in [5, 5.41) is 13.5. The third-order valence-corrected chi connectivity index (χ3v) is 5.02. The molecule has 0 spiro atoms. The van der Waals surface area contributed by atoms with Crippen molar-refractivity contribution < 1.29 is 9.26 Å². The first-order valence-electron chi connectivity index (χ1n) is 8.51. The maximum atomic E-state index is 5.46. The first kappa shape index (κ1) is 17.0. The number of ether oxygens (including phenoxy) is 1. The summed E-state index contributed by atoms with van der Waals surface area (Å²) >= 11 is 1.55. The molecule has 0 atom stereocenters. The number of hydrogen-bond donors (Lipinski definition) is 0. The van der Waals surface area contributed by atoms with Gasteiger partial charge in [-0.2, -0.15) is 4.98 Å². The van der Waals surface area contributed by atoms with Crippen LogP contribution in [-0.2, 0) is 17.0 Å². The predicted molar refractivity (Wildman–Crippen MR) is 97.2 cm³/mol. The summed E-state index contributed by atoms with van der Waals surface area (Å²) in [4.78, 5) is 6.48. The molecule has 136 valence electrons. The molecule has 4 rings (SSSR count). The summed E-state index contributed by atoms with van der Waals surface area (Å²) in [6.45, 7) is 5.59. The lowest BCUT2D eigenvalue weighted by molar-refractivity contribution is 0.121. The third-order valence-electron chi connectivity index (χ3n) is 4.07. The van der Waals surface area contributed by atoms with E-state index in [1.54, 1.807) is 11.8 Å². The Morgan fingerprint density at radius 1 is 1.12 bits per heavy atom. The number of nitrogens with zero attached hydrogens (tertiary/aromatic N) is 6. The van der Waals surface area contributed by atoms with Crippen molar-refractivity contribution in [3.05, 3.63) is 47.6 Å². The van der Waals surface area contributed by atoms with E-state index in [1.807, 2.05) is 25.1 Å². The lowest BCUT2D eigenvalue weighted by Crippen LogP contribution is -2.38. The average Bonchev–Trinajstić information content (AvgIpc) is 3.28. The Labute approximate surface area is 155 Å². The van der Waals surface area contributed by atoms with Crippen LogP contribution in [0.5, 0.6) is 0 Å². The number of anilines is 1. The monoisotopic (exact) mass is 372 g/mol. The number of benzene rings is 1. The van der Waals surface area contributed by atoms with Crippen molar-refractivity contribution in [3.8, 4) is 0 Å². The van der Waals surface area contributed by atoms with Gasteiger partial charge in [-0.25, -0.2) is 0 Å². The zero-order chi connectivity index (χ0) is 17.8. The first-order valence-corrected chi connectivity index (χ1v) is 9.50. The minimum atomic E-state index is 0.566. The number of rotatable bonds is 6. The molecule has 1 aromatic carbocycles. The van der Waals surface area contributed by atoms with Crippen molar-refractivity contribution in [3.63, 3.8) is 0 Å². The summed E-state index contributed by atoms with van der Waals surface area (Å²) in [5.41, 5.74) is 1.21. The van der Waals surface area contributed by atoms with Gasteiger partial charge in [0.25, 0.3) is 0 Å². The minimum absolute atomic E-state index is 0.566. The molecular formula is C17H20N6O2S. The van der Waals surface area contributed by atoms with Crippen LogP contribution in [0.25, 0.3) is 0 Å². The molecule has 1 aliphatic heterocycles. The van der Waals surface area contributed by atoms with Gasteiger partial charge < -0.3 is 14.2 Å². The van der Waals surface area contributed by atoms with Crippen LogP contribution in [0.3, 0.4) is 0 Å². The van der Waals surface area contributed by atoms with Crippen molar-refractivity contribution in [1.82, 2.24) is 24.9 Å². The normalized spacial score (nSPS) is 14.7. The molecule has 0 saturated carbocycles. The molecule has 0 aliphatic carbocycles. The van der Waals surface area contributed by atoms with Crippen LogP contribution in [0.1, 0.15) is 17.3 Å². The Morgan fingerprint density at radius 3 is 2.65 bits per heavy atom. The lowest BCUT2D eigenvalue weighted by atomic mass is 10.2. The van der Waals surface area contributed by atoms with Crippen LogP contribution < -0.4 is 4.90 Å². The minimum Gasteiger partial charge on any atom is -0.378 e. The van der Waals surface area contributed by atoms with E-state index >= 15 is 0 Å². The first-order chi connectivity index (χ1) is 12.8. The Kier molecular flexibility index (Phi) is 5.16. The fraction of sp³-hybridized carbons (Fsp3) is 0.412. The number of thioether (sulfide) groups is 1. The van der Waals surface area contributed by atoms with Crippen LogP contribution in [0, 0.1) is 6.92 Å². The highest BCUT2D eigenvalue weighted by Crippen LogP contribution is 2.26. The SMILES string of the molecule is Cc1noc(CSc2nnc(N3CCOCC3)n2Cc2ccccc2)n1. The summed E-state index contributed by atoms with van der Waals surface area (Å²) < 4.78 is 12.8. The van der Waals surface area contributed by atoms with E-state index in [0.29, 0.717) is 37.2 Å². The summed E-state index contributed by atoms with van der Waals surface area (Å²) in [6.07, 6.45) is 0. The number of morpholine rings is 1. The molecule has 8 nitrogen and oxygen atoms in total. The van der Waals surface area contributed by atoms with Crippen LogP contribution in [0.15, 0.2) is 40.0 Å². The topological polar surface area (TPSA) is 82.1 Å². The highest BCUT2D eigenvalue weighted by atomic mass is 32.2. The van der Waals surface area contributed by atoms with E-state index in [-0.39, 0.29) is 0 Å². The van der Waals surface area contributed by atoms with Gasteiger partial charge in [0.1, 0.15) is 0 Å². The molecule has 9 heteroatoms. The van der Waals surface area contributed by atoms with Gasteiger partial charge in [0.05, 0.1) is 25.5 Å². The Hall–Kier alpha value is -2.39. The summed E-state index contributed by atoms with van der Waals surface area (Å²) in [5.74, 6) is 2.67. The maximum absolute atomic E-state index is 5.46. The average molecular weight is 372 g/mol. The molecule has 0 N–H and O–H groups in total. The highest BCUT2D eigenvalue weighted by Gasteiger charge is 2.21. The highest BCUT2D eigenvalue weighted by molar-refractivity contribution is 7.98. The van der Waals surface area contributed by atoms with Crippen LogP contribution in [-0.4, -0.2) is 51.2 Å². The van der Waals surface area contributed by atoms with E-state index in [0.717, 1.165) is 24.2 Å². The Bertz CT molecular complexity index is 844. The largest absolute Gasteiger partial charge is 0.378 e. The molecule has 0 amide bonds. The molecule has 1 fully saturated rings. The molecular weight excluding hydrogens is 352 g/mol. The second kappa shape index (κ2) is 7.88. The second-order valence-corrected chi connectivity index (χ2v) is 6.92. The molecule has 3 heterocycles. The Balaban J connectivity index is 1.58. The van der Waals surface area contributed by atoms with E-state index in [4.69, 9.17) is 9.26 Å². The zero-order valence-electron chi connectivity index (χ0n) is 14.5. The van der Waals surface area contributed by atoms with Gasteiger partial charge in [-0.3, -0.25) is 4.57 Å². The van der Waals surface area contributed by atoms with E-state index in [9.17, 15) is 0 Å². The van der Waals surface area contributed by atoms with Gasteiger partial charge in [0.2, 0.25) is 11.8 Å². The molecule has 1 aliphatic rings. The van der Waals surface area contributed by atoms with Crippen LogP contribution >= 0.6 is 11.8 Å². The van der Waals surface area contributed by atoms with Gasteiger partial charge in [-0.15, -0.1) is 10.2 Å². The number of aryl methyl sites for hydroxylation is 1. The Morgan fingerprint density at radius 2 is 1.92 bits per heavy atom. The van der Waals surface area contributed by atoms with Crippen molar-refractivity contribution in [2.45, 2.75) is 24.4 Å². The van der Waals surface area contributed by atoms with Crippen molar-refractivity contribution in [2.75, 3.05) is 31.2 Å². The van der Waals surface area contributed by atoms with Crippen LogP contribution in [0.2, 0.25) is 0 Å². The van der Waals surface area contributed by atoms with E-state index in [2.05, 4.69) is 41.9 Å². The zero-order valence-corrected chi connectivity index (χ0v) is 15.4. The fourth-order valence-corrected chi connectivity index (χ4v) is 3.58. The molecule has 2 aromatic heterocycles. The second-order valence-electron chi connectivity index (χ2n) is 5.98. The smallest absolute Gasteiger partial charge is 0.237 e. The summed E-state index contributed by atoms with van der Waals surface area (Å²) in [6, 6.07) is 10.3. The quantitative estimate of drug-likeness (QED) is 0.609. The predicted octanol–water partition coefficient (Wildman–Crippen LogP) is 2.15. The van der Waals surface area contributed by atoms with Crippen molar-refractivity contribution >= 4 is 17.7 Å². The number of aromatic nitrogens is 5. The molecule has 3 aromatic rings. The van der Waals surface area contributed by atoms with Crippen molar-refractivity contribution in [1.29, 1.82) is 0 Å². The number of hydrogen-bond acceptors (Lipinski definition) is 8. The maximum Gasteiger partial charge on any atom is 0.237 e. The fourth-order valence-electron chi connectivity index (χ4n) is 2.81. The van der Waals surface area contributed by atoms with Gasteiger partial charge in [0, 0.05) is 13.1 Å². The van der Waals surface area contributed by atoms with Gasteiger partial charge >= 0.3 is 0 Å².